The maximum Gasteiger partial charge on any atom is 0.309 e. The Morgan fingerprint density at radius 2 is 2.00 bits per heavy atom. The van der Waals surface area contributed by atoms with Crippen molar-refractivity contribution in [2.45, 2.75) is 12.8 Å². The second-order valence-electron chi connectivity index (χ2n) is 4.14. The number of esters is 1. The number of aliphatic carboxylic acids is 1. The number of hydrogen-bond acceptors (Lipinski definition) is 5. The number of ether oxygens (including phenoxy) is 2. The Labute approximate surface area is 124 Å². The van der Waals surface area contributed by atoms with Crippen molar-refractivity contribution in [2.24, 2.45) is 5.92 Å². The number of carboxylic acids is 1. The average Bonchev–Trinajstić information content (AvgIpc) is 2.40. The highest BCUT2D eigenvalue weighted by atomic mass is 79.9. The molecule has 1 aromatic rings. The van der Waals surface area contributed by atoms with E-state index in [9.17, 15) is 14.7 Å². The summed E-state index contributed by atoms with van der Waals surface area (Å²) in [4.78, 5) is 22.4. The molecule has 110 valence electrons. The van der Waals surface area contributed by atoms with Crippen molar-refractivity contribution in [3.8, 4) is 11.5 Å². The minimum absolute atomic E-state index is 0.0790. The smallest absolute Gasteiger partial charge is 0.309 e. The number of carboxylic acid groups (broad SMARTS) is 1. The number of aromatic hydroxyl groups is 1. The van der Waals surface area contributed by atoms with Crippen LogP contribution in [0, 0.1) is 5.92 Å². The van der Waals surface area contributed by atoms with Gasteiger partial charge in [0.15, 0.2) is 11.5 Å². The Morgan fingerprint density at radius 1 is 1.35 bits per heavy atom. The molecule has 0 aromatic heterocycles. The molecule has 2 N–H and O–H groups in total. The zero-order chi connectivity index (χ0) is 15.3. The molecule has 0 fully saturated rings. The summed E-state index contributed by atoms with van der Waals surface area (Å²) >= 11 is 3.30. The highest BCUT2D eigenvalue weighted by Gasteiger charge is 2.24. The first-order chi connectivity index (χ1) is 9.38. The average molecular weight is 347 g/mol. The van der Waals surface area contributed by atoms with Gasteiger partial charge in [-0.3, -0.25) is 9.59 Å². The van der Waals surface area contributed by atoms with Crippen LogP contribution in [0.5, 0.6) is 11.5 Å². The van der Waals surface area contributed by atoms with E-state index in [1.54, 1.807) is 6.07 Å². The molecule has 6 nitrogen and oxygen atoms in total. The zero-order valence-electron chi connectivity index (χ0n) is 11.1. The van der Waals surface area contributed by atoms with E-state index in [1.807, 2.05) is 0 Å². The number of halogens is 1. The Bertz CT molecular complexity index is 514. The number of rotatable bonds is 6. The number of phenols is 1. The summed E-state index contributed by atoms with van der Waals surface area (Å²) in [6.45, 7) is 0. The van der Waals surface area contributed by atoms with E-state index in [-0.39, 0.29) is 24.3 Å². The highest BCUT2D eigenvalue weighted by molar-refractivity contribution is 9.10. The van der Waals surface area contributed by atoms with Gasteiger partial charge in [0.25, 0.3) is 0 Å². The molecule has 0 saturated heterocycles. The Hall–Kier alpha value is -1.76. The summed E-state index contributed by atoms with van der Waals surface area (Å²) in [5.74, 6) is -2.30. The molecular weight excluding hydrogens is 332 g/mol. The number of hydrogen-bond donors (Lipinski definition) is 2. The van der Waals surface area contributed by atoms with Gasteiger partial charge in [-0.2, -0.15) is 0 Å². The van der Waals surface area contributed by atoms with Crippen molar-refractivity contribution < 1.29 is 29.3 Å². The predicted octanol–water partition coefficient (Wildman–Crippen LogP) is 1.97. The largest absolute Gasteiger partial charge is 0.504 e. The van der Waals surface area contributed by atoms with Crippen LogP contribution < -0.4 is 4.74 Å². The third kappa shape index (κ3) is 4.12. The van der Waals surface area contributed by atoms with Crippen LogP contribution in [-0.2, 0) is 20.7 Å². The minimum Gasteiger partial charge on any atom is -0.504 e. The molecule has 0 aliphatic rings. The van der Waals surface area contributed by atoms with E-state index in [0.29, 0.717) is 10.0 Å². The van der Waals surface area contributed by atoms with Crippen molar-refractivity contribution in [2.75, 3.05) is 14.2 Å². The van der Waals surface area contributed by atoms with E-state index in [1.165, 1.54) is 20.3 Å². The lowest BCUT2D eigenvalue weighted by Crippen LogP contribution is -2.22. The molecule has 0 bridgehead atoms. The first-order valence-corrected chi connectivity index (χ1v) is 6.53. The first kappa shape index (κ1) is 16.3. The third-order valence-corrected chi connectivity index (χ3v) is 3.51. The SMILES string of the molecule is COC(=O)[C@H](CC(=O)O)Cc1cc(O)c(OC)cc1Br. The quantitative estimate of drug-likeness (QED) is 0.765. The lowest BCUT2D eigenvalue weighted by molar-refractivity contribution is -0.150. The van der Waals surface area contributed by atoms with E-state index in [4.69, 9.17) is 9.84 Å². The Morgan fingerprint density at radius 3 is 2.50 bits per heavy atom. The molecule has 0 heterocycles. The maximum atomic E-state index is 11.6. The van der Waals surface area contributed by atoms with Gasteiger partial charge in [0.1, 0.15) is 0 Å². The van der Waals surface area contributed by atoms with Crippen LogP contribution in [0.4, 0.5) is 0 Å². The molecule has 0 unspecified atom stereocenters. The molecule has 20 heavy (non-hydrogen) atoms. The Kier molecular flexibility index (Phi) is 5.82. The molecule has 1 rings (SSSR count). The van der Waals surface area contributed by atoms with Crippen LogP contribution in [0.2, 0.25) is 0 Å². The summed E-state index contributed by atoms with van der Waals surface area (Å²) < 4.78 is 10.2. The van der Waals surface area contributed by atoms with Crippen LogP contribution in [0.25, 0.3) is 0 Å². The fourth-order valence-corrected chi connectivity index (χ4v) is 2.27. The van der Waals surface area contributed by atoms with Crippen molar-refractivity contribution in [3.63, 3.8) is 0 Å². The van der Waals surface area contributed by atoms with Gasteiger partial charge in [0.2, 0.25) is 0 Å². The summed E-state index contributed by atoms with van der Waals surface area (Å²) in [5, 5.41) is 18.6. The fraction of sp³-hybridized carbons (Fsp3) is 0.385. The van der Waals surface area contributed by atoms with E-state index < -0.39 is 17.9 Å². The maximum absolute atomic E-state index is 11.6. The number of carbonyl (C=O) groups excluding carboxylic acids is 1. The van der Waals surface area contributed by atoms with Crippen molar-refractivity contribution >= 4 is 27.9 Å². The summed E-state index contributed by atoms with van der Waals surface area (Å²) in [7, 11) is 2.63. The van der Waals surface area contributed by atoms with E-state index in [0.717, 1.165) is 0 Å². The van der Waals surface area contributed by atoms with Crippen LogP contribution in [-0.4, -0.2) is 36.4 Å². The van der Waals surface area contributed by atoms with Crippen LogP contribution >= 0.6 is 15.9 Å². The highest BCUT2D eigenvalue weighted by Crippen LogP contribution is 2.34. The molecule has 1 atom stereocenters. The van der Waals surface area contributed by atoms with Gasteiger partial charge in [0.05, 0.1) is 26.6 Å². The first-order valence-electron chi connectivity index (χ1n) is 5.74. The molecule has 1 aromatic carbocycles. The lowest BCUT2D eigenvalue weighted by Gasteiger charge is -2.15. The van der Waals surface area contributed by atoms with E-state index in [2.05, 4.69) is 20.7 Å². The van der Waals surface area contributed by atoms with Gasteiger partial charge in [-0.25, -0.2) is 0 Å². The number of methoxy groups -OCH3 is 2. The van der Waals surface area contributed by atoms with Gasteiger partial charge in [-0.15, -0.1) is 0 Å². The normalized spacial score (nSPS) is 11.8. The molecule has 0 spiro atoms. The van der Waals surface area contributed by atoms with Gasteiger partial charge >= 0.3 is 11.9 Å². The van der Waals surface area contributed by atoms with Crippen LogP contribution in [0.1, 0.15) is 12.0 Å². The third-order valence-electron chi connectivity index (χ3n) is 2.77. The summed E-state index contributed by atoms with van der Waals surface area (Å²) in [6.07, 6.45) is -0.205. The molecular formula is C13H15BrO6. The minimum atomic E-state index is -1.09. The Balaban J connectivity index is 3.01. The van der Waals surface area contributed by atoms with Gasteiger partial charge < -0.3 is 19.7 Å². The van der Waals surface area contributed by atoms with Crippen molar-refractivity contribution in [1.82, 2.24) is 0 Å². The molecule has 0 radical (unpaired) electrons. The van der Waals surface area contributed by atoms with Crippen LogP contribution in [0.15, 0.2) is 16.6 Å². The van der Waals surface area contributed by atoms with E-state index >= 15 is 0 Å². The molecule has 0 saturated carbocycles. The zero-order valence-corrected chi connectivity index (χ0v) is 12.6. The second-order valence-corrected chi connectivity index (χ2v) is 4.99. The molecule has 7 heteroatoms. The van der Waals surface area contributed by atoms with Gasteiger partial charge in [0, 0.05) is 4.47 Å². The molecule has 0 amide bonds. The molecule has 0 aliphatic heterocycles. The summed E-state index contributed by atoms with van der Waals surface area (Å²) in [5.41, 5.74) is 0.597. The van der Waals surface area contributed by atoms with Crippen molar-refractivity contribution in [3.05, 3.63) is 22.2 Å². The lowest BCUT2D eigenvalue weighted by atomic mass is 9.96. The standard InChI is InChI=1S/C13H15BrO6/c1-19-11-6-9(14)7(4-10(11)15)3-8(5-12(16)17)13(18)20-2/h4,6,8,15H,3,5H2,1-2H3,(H,16,17)/t8-/m0/s1. The van der Waals surface area contributed by atoms with Gasteiger partial charge in [-0.05, 0) is 24.1 Å². The van der Waals surface area contributed by atoms with Crippen molar-refractivity contribution in [1.29, 1.82) is 0 Å². The monoisotopic (exact) mass is 346 g/mol. The van der Waals surface area contributed by atoms with Crippen LogP contribution in [0.3, 0.4) is 0 Å². The fourth-order valence-electron chi connectivity index (χ4n) is 1.79. The summed E-state index contributed by atoms with van der Waals surface area (Å²) in [6, 6.07) is 2.99. The molecule has 0 aliphatic carbocycles. The second kappa shape index (κ2) is 7.14. The number of carbonyl (C=O) groups is 2. The predicted molar refractivity (Wildman–Crippen MR) is 73.8 cm³/mol. The number of benzene rings is 1. The topological polar surface area (TPSA) is 93.1 Å². The van der Waals surface area contributed by atoms with Gasteiger partial charge in [-0.1, -0.05) is 15.9 Å². The number of phenolic OH excluding ortho intramolecular Hbond substituents is 1.